The first-order valence-corrected chi connectivity index (χ1v) is 7.62. The third-order valence-corrected chi connectivity index (χ3v) is 3.26. The van der Waals surface area contributed by atoms with Gasteiger partial charge in [0.05, 0.1) is 14.2 Å². The molecule has 8 heteroatoms. The molecule has 24 heavy (non-hydrogen) atoms. The maximum Gasteiger partial charge on any atom is 0.274 e. The molecule has 0 bridgehead atoms. The van der Waals surface area contributed by atoms with Crippen molar-refractivity contribution in [1.29, 1.82) is 0 Å². The number of ether oxygens (including phenoxy) is 2. The van der Waals surface area contributed by atoms with Gasteiger partial charge in [-0.3, -0.25) is 9.78 Å². The summed E-state index contributed by atoms with van der Waals surface area (Å²) in [6, 6.07) is 5.44. The molecule has 2 N–H and O–H groups in total. The predicted octanol–water partition coefficient (Wildman–Crippen LogP) is 1.97. The van der Waals surface area contributed by atoms with E-state index in [9.17, 15) is 4.79 Å². The Morgan fingerprint density at radius 3 is 2.71 bits per heavy atom. The molecule has 0 unspecified atom stereocenters. The summed E-state index contributed by atoms with van der Waals surface area (Å²) < 4.78 is 10.4. The van der Waals surface area contributed by atoms with Gasteiger partial charge in [0.25, 0.3) is 5.56 Å². The molecule has 8 nitrogen and oxygen atoms in total. The van der Waals surface area contributed by atoms with E-state index in [1.165, 1.54) is 0 Å². The Balaban J connectivity index is 2.11. The Hall–Kier alpha value is -2.90. The molecular formula is C16H21N5O3. The van der Waals surface area contributed by atoms with Crippen LogP contribution in [0.1, 0.15) is 31.0 Å². The van der Waals surface area contributed by atoms with Gasteiger partial charge in [-0.1, -0.05) is 19.4 Å². The van der Waals surface area contributed by atoms with Crippen molar-refractivity contribution in [1.82, 2.24) is 15.2 Å². The van der Waals surface area contributed by atoms with Gasteiger partial charge in [0, 0.05) is 12.6 Å². The number of nitrogens with one attached hydrogen (secondary N) is 2. The Morgan fingerprint density at radius 2 is 2.04 bits per heavy atom. The molecule has 0 amide bonds. The van der Waals surface area contributed by atoms with Gasteiger partial charge in [-0.2, -0.15) is 5.10 Å². The van der Waals surface area contributed by atoms with Crippen LogP contribution in [0.15, 0.2) is 28.1 Å². The molecule has 0 aliphatic carbocycles. The summed E-state index contributed by atoms with van der Waals surface area (Å²) in [5, 5.41) is 11.8. The number of rotatable bonds is 8. The first-order chi connectivity index (χ1) is 11.7. The number of unbranched alkanes of at least 4 members (excludes halogenated alkanes) is 1. The lowest BCUT2D eigenvalue weighted by Gasteiger charge is -2.09. The Bertz CT molecular complexity index is 758. The average Bonchev–Trinajstić information content (AvgIpc) is 2.60. The van der Waals surface area contributed by atoms with Crippen LogP contribution >= 0.6 is 0 Å². The number of anilines is 1. The van der Waals surface area contributed by atoms with E-state index in [1.54, 1.807) is 32.6 Å². The molecule has 0 spiro atoms. The minimum Gasteiger partial charge on any atom is -0.493 e. The highest BCUT2D eigenvalue weighted by Crippen LogP contribution is 2.27. The molecular weight excluding hydrogens is 310 g/mol. The maximum atomic E-state index is 12.1. The Labute approximate surface area is 139 Å². The predicted molar refractivity (Wildman–Crippen MR) is 92.0 cm³/mol. The molecule has 0 saturated carbocycles. The lowest BCUT2D eigenvalue weighted by molar-refractivity contribution is 0.354. The van der Waals surface area contributed by atoms with Crippen molar-refractivity contribution in [3.63, 3.8) is 0 Å². The van der Waals surface area contributed by atoms with E-state index >= 15 is 0 Å². The topological polar surface area (TPSA) is 101 Å². The number of hydrogen-bond donors (Lipinski definition) is 2. The monoisotopic (exact) mass is 331 g/mol. The standard InChI is InChI=1S/C16H21N5O3/c1-4-5-8-17-20-16-18-15(22)12(19-21-16)9-11-6-7-13(23-2)14(10-11)24-3/h6-8,10H,4-5,9H2,1-3H3,(H2,18,20,21,22). The summed E-state index contributed by atoms with van der Waals surface area (Å²) in [5.74, 6) is 1.44. The van der Waals surface area contributed by atoms with Crippen molar-refractivity contribution >= 4 is 12.2 Å². The lowest BCUT2D eigenvalue weighted by Crippen LogP contribution is -2.18. The van der Waals surface area contributed by atoms with Crippen LogP contribution in [0.25, 0.3) is 0 Å². The number of methoxy groups -OCH3 is 2. The summed E-state index contributed by atoms with van der Waals surface area (Å²) in [5.41, 5.74) is 3.52. The number of hydrazone groups is 1. The molecule has 0 radical (unpaired) electrons. The first kappa shape index (κ1) is 17.5. The highest BCUT2D eigenvalue weighted by Gasteiger charge is 2.09. The van der Waals surface area contributed by atoms with Crippen molar-refractivity contribution in [2.75, 3.05) is 19.6 Å². The molecule has 128 valence electrons. The van der Waals surface area contributed by atoms with Crippen molar-refractivity contribution in [3.8, 4) is 11.5 Å². The molecule has 2 rings (SSSR count). The van der Waals surface area contributed by atoms with Gasteiger partial charge in [0.15, 0.2) is 11.5 Å². The van der Waals surface area contributed by atoms with Gasteiger partial charge in [-0.15, -0.1) is 10.2 Å². The number of benzene rings is 1. The summed E-state index contributed by atoms with van der Waals surface area (Å²) in [4.78, 5) is 14.7. The van der Waals surface area contributed by atoms with Gasteiger partial charge in [0.1, 0.15) is 5.69 Å². The highest BCUT2D eigenvalue weighted by atomic mass is 16.5. The molecule has 1 aromatic carbocycles. The van der Waals surface area contributed by atoms with Crippen LogP contribution in [0.5, 0.6) is 11.5 Å². The summed E-state index contributed by atoms with van der Waals surface area (Å²) in [6.07, 6.45) is 3.90. The largest absolute Gasteiger partial charge is 0.493 e. The normalized spacial score (nSPS) is 10.8. The van der Waals surface area contributed by atoms with Gasteiger partial charge >= 0.3 is 0 Å². The van der Waals surface area contributed by atoms with Gasteiger partial charge < -0.3 is 9.47 Å². The van der Waals surface area contributed by atoms with Crippen molar-refractivity contribution < 1.29 is 9.47 Å². The maximum absolute atomic E-state index is 12.1. The van der Waals surface area contributed by atoms with Crippen LogP contribution in [0.2, 0.25) is 0 Å². The highest BCUT2D eigenvalue weighted by molar-refractivity contribution is 5.58. The second kappa shape index (κ2) is 8.66. The molecule has 0 saturated heterocycles. The van der Waals surface area contributed by atoms with E-state index in [0.29, 0.717) is 23.6 Å². The van der Waals surface area contributed by atoms with Crippen LogP contribution in [0.3, 0.4) is 0 Å². The lowest BCUT2D eigenvalue weighted by atomic mass is 10.1. The van der Waals surface area contributed by atoms with Crippen molar-refractivity contribution in [2.24, 2.45) is 5.10 Å². The van der Waals surface area contributed by atoms with Crippen molar-refractivity contribution in [3.05, 3.63) is 39.8 Å². The van der Waals surface area contributed by atoms with Gasteiger partial charge in [-0.25, -0.2) is 5.43 Å². The van der Waals surface area contributed by atoms with Crippen molar-refractivity contribution in [2.45, 2.75) is 26.2 Å². The number of H-pyrrole nitrogens is 1. The molecule has 1 aromatic heterocycles. The van der Waals surface area contributed by atoms with E-state index in [0.717, 1.165) is 18.4 Å². The minimum atomic E-state index is -0.312. The van der Waals surface area contributed by atoms with Gasteiger partial charge in [-0.05, 0) is 24.1 Å². The molecule has 0 fully saturated rings. The van der Waals surface area contributed by atoms with E-state index in [-0.39, 0.29) is 11.5 Å². The first-order valence-electron chi connectivity index (χ1n) is 7.62. The molecule has 1 heterocycles. The van der Waals surface area contributed by atoms with E-state index < -0.39 is 0 Å². The molecule has 2 aromatic rings. The smallest absolute Gasteiger partial charge is 0.274 e. The fourth-order valence-corrected chi connectivity index (χ4v) is 2.01. The van der Waals surface area contributed by atoms with Crippen LogP contribution in [0, 0.1) is 0 Å². The minimum absolute atomic E-state index is 0.211. The third-order valence-electron chi connectivity index (χ3n) is 3.26. The zero-order valence-electron chi connectivity index (χ0n) is 14.0. The van der Waals surface area contributed by atoms with E-state index in [1.807, 2.05) is 6.07 Å². The van der Waals surface area contributed by atoms with Gasteiger partial charge in [0.2, 0.25) is 5.95 Å². The third kappa shape index (κ3) is 4.55. The Morgan fingerprint density at radius 1 is 1.25 bits per heavy atom. The van der Waals surface area contributed by atoms with Crippen LogP contribution < -0.4 is 20.5 Å². The number of hydrogen-bond acceptors (Lipinski definition) is 7. The SMILES string of the molecule is CCCC=NNc1nnc(Cc2ccc(OC)c(OC)c2)c(=O)[nH]1. The number of aromatic nitrogens is 3. The Kier molecular flexibility index (Phi) is 6.30. The quantitative estimate of drug-likeness (QED) is 0.566. The fraction of sp³-hybridized carbons (Fsp3) is 0.375. The van der Waals surface area contributed by atoms with Crippen LogP contribution in [0.4, 0.5) is 5.95 Å². The van der Waals surface area contributed by atoms with E-state index in [2.05, 4.69) is 32.6 Å². The fourth-order valence-electron chi connectivity index (χ4n) is 2.01. The summed E-state index contributed by atoms with van der Waals surface area (Å²) in [7, 11) is 3.14. The second-order valence-corrected chi connectivity index (χ2v) is 5.03. The number of nitrogens with zero attached hydrogens (tertiary/aromatic N) is 3. The average molecular weight is 331 g/mol. The number of aromatic amines is 1. The molecule has 0 atom stereocenters. The van der Waals surface area contributed by atoms with Crippen LogP contribution in [-0.2, 0) is 6.42 Å². The molecule has 0 aliphatic heterocycles. The second-order valence-electron chi connectivity index (χ2n) is 5.03. The summed E-state index contributed by atoms with van der Waals surface area (Å²) >= 11 is 0. The van der Waals surface area contributed by atoms with E-state index in [4.69, 9.17) is 9.47 Å². The summed E-state index contributed by atoms with van der Waals surface area (Å²) in [6.45, 7) is 2.05. The molecule has 0 aliphatic rings. The zero-order chi connectivity index (χ0) is 17.4. The van der Waals surface area contributed by atoms with Crippen LogP contribution in [-0.4, -0.2) is 35.6 Å². The zero-order valence-corrected chi connectivity index (χ0v) is 14.0.